The molecule has 3 heterocycles. The quantitative estimate of drug-likeness (QED) is 0.525. The normalized spacial score (nSPS) is 25.4. The number of nitrogens with one attached hydrogen (secondary N) is 1. The smallest absolute Gasteiger partial charge is 0.306 e. The summed E-state index contributed by atoms with van der Waals surface area (Å²) in [6.45, 7) is 5.80. The highest BCUT2D eigenvalue weighted by atomic mass is 35.5. The summed E-state index contributed by atoms with van der Waals surface area (Å²) >= 11 is 12.4. The van der Waals surface area contributed by atoms with Crippen LogP contribution in [0.15, 0.2) is 24.4 Å². The Morgan fingerprint density at radius 1 is 1.25 bits per heavy atom. The number of nitriles is 1. The Kier molecular flexibility index (Phi) is 7.25. The number of carboxylic acid groups (broad SMARTS) is 1. The minimum Gasteiger partial charge on any atom is -0.481 e. The molecule has 1 aromatic carbocycles. The van der Waals surface area contributed by atoms with Gasteiger partial charge in [-0.2, -0.15) is 5.26 Å². The molecule has 0 amide bonds. The average Bonchev–Trinajstić information content (AvgIpc) is 2.77. The molecule has 2 aromatic rings. The number of hydrogen-bond acceptors (Lipinski definition) is 7. The maximum atomic E-state index is 11.2. The molecule has 3 fully saturated rings. The van der Waals surface area contributed by atoms with Gasteiger partial charge in [-0.1, -0.05) is 29.3 Å². The lowest BCUT2D eigenvalue weighted by atomic mass is 9.76. The molecule has 1 saturated carbocycles. The number of aromatic nitrogens is 2. The number of likely N-dealkylation sites (tertiary alicyclic amines) is 1. The van der Waals surface area contributed by atoms with E-state index in [0.29, 0.717) is 45.3 Å². The lowest BCUT2D eigenvalue weighted by molar-refractivity contribution is -0.147. The Morgan fingerprint density at radius 3 is 2.72 bits per heavy atom. The summed E-state index contributed by atoms with van der Waals surface area (Å²) in [7, 11) is 0. The summed E-state index contributed by atoms with van der Waals surface area (Å²) in [6.07, 6.45) is 5.49. The molecular weight excluding hydrogens is 499 g/mol. The fourth-order valence-electron chi connectivity index (χ4n) is 5.73. The topological polar surface area (TPSA) is 105 Å². The van der Waals surface area contributed by atoms with Crippen molar-refractivity contribution in [3.63, 3.8) is 0 Å². The lowest BCUT2D eigenvalue weighted by Crippen LogP contribution is -2.56. The van der Waals surface area contributed by atoms with Crippen LogP contribution in [0.4, 0.5) is 11.6 Å². The first kappa shape index (κ1) is 25.1. The first-order valence-electron chi connectivity index (χ1n) is 12.5. The van der Waals surface area contributed by atoms with Crippen molar-refractivity contribution in [1.29, 1.82) is 5.26 Å². The summed E-state index contributed by atoms with van der Waals surface area (Å²) in [4.78, 5) is 24.9. The molecular formula is C26H30Cl2N6O2. The van der Waals surface area contributed by atoms with Gasteiger partial charge in [0.25, 0.3) is 0 Å². The second kappa shape index (κ2) is 10.4. The predicted molar refractivity (Wildman–Crippen MR) is 139 cm³/mol. The molecule has 190 valence electrons. The van der Waals surface area contributed by atoms with E-state index in [-0.39, 0.29) is 12.0 Å². The van der Waals surface area contributed by atoms with E-state index in [9.17, 15) is 15.2 Å². The van der Waals surface area contributed by atoms with Crippen LogP contribution in [0.5, 0.6) is 0 Å². The van der Waals surface area contributed by atoms with Gasteiger partial charge >= 0.3 is 5.97 Å². The van der Waals surface area contributed by atoms with Crippen molar-refractivity contribution >= 4 is 40.8 Å². The van der Waals surface area contributed by atoms with Crippen molar-refractivity contribution in [2.24, 2.45) is 17.8 Å². The molecule has 2 N–H and O–H groups in total. The Bertz CT molecular complexity index is 1180. The van der Waals surface area contributed by atoms with Crippen molar-refractivity contribution in [3.05, 3.63) is 45.7 Å². The highest BCUT2D eigenvalue weighted by Gasteiger charge is 2.42. The Balaban J connectivity index is 1.20. The van der Waals surface area contributed by atoms with E-state index in [1.807, 2.05) is 13.0 Å². The van der Waals surface area contributed by atoms with Crippen LogP contribution in [0.25, 0.3) is 0 Å². The Morgan fingerprint density at radius 2 is 2.03 bits per heavy atom. The van der Waals surface area contributed by atoms with Gasteiger partial charge in [0, 0.05) is 35.7 Å². The molecule has 0 radical (unpaired) electrons. The second-order valence-electron chi connectivity index (χ2n) is 10.3. The monoisotopic (exact) mass is 528 g/mol. The molecule has 2 saturated heterocycles. The van der Waals surface area contributed by atoms with Gasteiger partial charge < -0.3 is 20.2 Å². The number of benzene rings is 1. The molecule has 8 nitrogen and oxygen atoms in total. The molecule has 3 aliphatic rings. The van der Waals surface area contributed by atoms with Gasteiger partial charge in [-0.3, -0.25) is 4.79 Å². The van der Waals surface area contributed by atoms with Crippen LogP contribution in [0, 0.1) is 29.1 Å². The number of rotatable bonds is 7. The number of anilines is 2. The van der Waals surface area contributed by atoms with E-state index in [1.165, 1.54) is 6.42 Å². The number of nitrogens with zero attached hydrogens (tertiary/aromatic N) is 5. The third kappa shape index (κ3) is 5.10. The van der Waals surface area contributed by atoms with E-state index >= 15 is 0 Å². The molecule has 1 aromatic heterocycles. The molecule has 1 unspecified atom stereocenters. The largest absolute Gasteiger partial charge is 0.481 e. The average molecular weight is 529 g/mol. The van der Waals surface area contributed by atoms with Gasteiger partial charge in [-0.05, 0) is 68.7 Å². The molecule has 0 spiro atoms. The van der Waals surface area contributed by atoms with Crippen LogP contribution in [0.1, 0.15) is 49.9 Å². The van der Waals surface area contributed by atoms with Crippen molar-refractivity contribution in [3.8, 4) is 6.07 Å². The fraction of sp³-hybridized carbons (Fsp3) is 0.538. The number of piperidine rings is 1. The zero-order chi connectivity index (χ0) is 25.4. The third-order valence-corrected chi connectivity index (χ3v) is 8.56. The maximum Gasteiger partial charge on any atom is 0.306 e. The predicted octanol–water partition coefficient (Wildman–Crippen LogP) is 4.84. The van der Waals surface area contributed by atoms with Crippen molar-refractivity contribution < 1.29 is 9.90 Å². The number of halogens is 2. The third-order valence-electron chi connectivity index (χ3n) is 8.00. The zero-order valence-corrected chi connectivity index (χ0v) is 21.7. The maximum absolute atomic E-state index is 11.2. The Labute approximate surface area is 221 Å². The highest BCUT2D eigenvalue weighted by Crippen LogP contribution is 2.39. The SMILES string of the molecule is C[C@@H](Nc1cnc(C#N)c(N2CC(C3CCCN(C4CC(C(=O)O)C4)C3)C2)n1)c1ccc(Cl)cc1Cl. The van der Waals surface area contributed by atoms with E-state index < -0.39 is 5.97 Å². The van der Waals surface area contributed by atoms with Gasteiger partial charge in [0.15, 0.2) is 11.5 Å². The molecule has 1 aliphatic carbocycles. The van der Waals surface area contributed by atoms with Crippen LogP contribution in [-0.2, 0) is 4.79 Å². The van der Waals surface area contributed by atoms with E-state index in [2.05, 4.69) is 26.2 Å². The van der Waals surface area contributed by atoms with E-state index in [0.717, 1.165) is 51.0 Å². The molecule has 2 atom stereocenters. The van der Waals surface area contributed by atoms with Gasteiger partial charge in [0.2, 0.25) is 0 Å². The summed E-state index contributed by atoms with van der Waals surface area (Å²) < 4.78 is 0. The molecule has 10 heteroatoms. The number of hydrogen-bond donors (Lipinski definition) is 2. The molecule has 0 bridgehead atoms. The zero-order valence-electron chi connectivity index (χ0n) is 20.2. The van der Waals surface area contributed by atoms with Crippen LogP contribution in [0.3, 0.4) is 0 Å². The fourth-order valence-corrected chi connectivity index (χ4v) is 6.30. The standard InChI is InChI=1S/C26H30Cl2N6O2/c1-15(21-5-4-19(27)9-22(21)28)31-24-11-30-23(10-29)25(32-24)34-13-18(14-34)16-3-2-6-33(12-16)20-7-17(8-20)26(35)36/h4-5,9,11,15-18,20H,2-3,6-8,12-14H2,1H3,(H,31,32)(H,35,36)/t15-,16?,17?,20?/m1/s1. The van der Waals surface area contributed by atoms with Crippen LogP contribution in [0.2, 0.25) is 10.0 Å². The number of carboxylic acids is 1. The molecule has 2 aliphatic heterocycles. The Hall–Kier alpha value is -2.60. The van der Waals surface area contributed by atoms with Crippen LogP contribution < -0.4 is 10.2 Å². The van der Waals surface area contributed by atoms with Crippen molar-refractivity contribution in [1.82, 2.24) is 14.9 Å². The minimum absolute atomic E-state index is 0.116. The van der Waals surface area contributed by atoms with E-state index in [4.69, 9.17) is 28.2 Å². The lowest BCUT2D eigenvalue weighted by Gasteiger charge is -2.50. The van der Waals surface area contributed by atoms with Gasteiger partial charge in [0.05, 0.1) is 18.2 Å². The summed E-state index contributed by atoms with van der Waals surface area (Å²) in [5, 5.41) is 23.3. The number of aliphatic carboxylic acids is 1. The van der Waals surface area contributed by atoms with Crippen LogP contribution >= 0.6 is 23.2 Å². The first-order chi connectivity index (χ1) is 17.3. The first-order valence-corrected chi connectivity index (χ1v) is 13.3. The molecule has 5 rings (SSSR count). The van der Waals surface area contributed by atoms with Gasteiger partial charge in [-0.25, -0.2) is 9.97 Å². The van der Waals surface area contributed by atoms with Crippen LogP contribution in [-0.4, -0.2) is 58.2 Å². The van der Waals surface area contributed by atoms with Crippen molar-refractivity contribution in [2.45, 2.75) is 44.7 Å². The summed E-state index contributed by atoms with van der Waals surface area (Å²) in [5.41, 5.74) is 1.23. The highest BCUT2D eigenvalue weighted by molar-refractivity contribution is 6.35. The minimum atomic E-state index is -0.661. The van der Waals surface area contributed by atoms with Crippen molar-refractivity contribution in [2.75, 3.05) is 36.4 Å². The second-order valence-corrected chi connectivity index (χ2v) is 11.1. The van der Waals surface area contributed by atoms with Gasteiger partial charge in [0.1, 0.15) is 11.9 Å². The van der Waals surface area contributed by atoms with Gasteiger partial charge in [-0.15, -0.1) is 0 Å². The number of carbonyl (C=O) groups is 1. The molecule has 36 heavy (non-hydrogen) atoms. The van der Waals surface area contributed by atoms with E-state index in [1.54, 1.807) is 18.3 Å². The summed E-state index contributed by atoms with van der Waals surface area (Å²) in [5.74, 6) is 1.51. The summed E-state index contributed by atoms with van der Waals surface area (Å²) in [6, 6.07) is 7.89.